The van der Waals surface area contributed by atoms with Crippen molar-refractivity contribution in [3.05, 3.63) is 35.7 Å². The molecule has 0 unspecified atom stereocenters. The molecule has 0 N–H and O–H groups in total. The summed E-state index contributed by atoms with van der Waals surface area (Å²) in [6, 6.07) is 7.07. The van der Waals surface area contributed by atoms with Crippen LogP contribution < -0.4 is 0 Å². The Morgan fingerprint density at radius 1 is 1.17 bits per heavy atom. The van der Waals surface area contributed by atoms with E-state index >= 15 is 0 Å². The molecule has 3 nitrogen and oxygen atoms in total. The molecule has 3 rings (SSSR count). The summed E-state index contributed by atoms with van der Waals surface area (Å²) in [6.45, 7) is 11.8. The number of imidazole rings is 1. The highest BCUT2D eigenvalue weighted by atomic mass is 15.1. The molecule has 3 heteroatoms. The van der Waals surface area contributed by atoms with Gasteiger partial charge < -0.3 is 4.57 Å². The number of fused-ring (bicyclic) bond motifs is 1. The Morgan fingerprint density at radius 2 is 1.87 bits per heavy atom. The highest BCUT2D eigenvalue weighted by Crippen LogP contribution is 2.31. The lowest BCUT2D eigenvalue weighted by atomic mass is 9.95. The summed E-state index contributed by atoms with van der Waals surface area (Å²) in [5.41, 5.74) is 5.54. The highest BCUT2D eigenvalue weighted by molar-refractivity contribution is 5.82. The number of aliphatic imine (C=N–C) groups is 1. The van der Waals surface area contributed by atoms with E-state index in [0.29, 0.717) is 6.04 Å². The van der Waals surface area contributed by atoms with Gasteiger partial charge in [0.25, 0.3) is 0 Å². The topological polar surface area (TPSA) is 30.2 Å². The minimum atomic E-state index is 0.620. The second kappa shape index (κ2) is 8.09. The van der Waals surface area contributed by atoms with Gasteiger partial charge in [0, 0.05) is 11.6 Å². The van der Waals surface area contributed by atoms with Gasteiger partial charge in [-0.1, -0.05) is 44.7 Å². The first-order valence-corrected chi connectivity index (χ1v) is 8.82. The summed E-state index contributed by atoms with van der Waals surface area (Å²) in [7, 11) is 0. The maximum Gasteiger partial charge on any atom is 0.0960 e. The number of hydrogen-bond acceptors (Lipinski definition) is 2. The molecule has 0 atom stereocenters. The normalized spacial score (nSPS) is 15.0. The molecule has 1 heterocycles. The fourth-order valence-corrected chi connectivity index (χ4v) is 3.37. The van der Waals surface area contributed by atoms with Gasteiger partial charge in [0.05, 0.1) is 23.1 Å². The van der Waals surface area contributed by atoms with E-state index in [1.54, 1.807) is 0 Å². The first-order chi connectivity index (χ1) is 11.2. The quantitative estimate of drug-likeness (QED) is 0.637. The fraction of sp³-hybridized carbons (Fsp3) is 0.500. The maximum absolute atomic E-state index is 4.61. The molecular weight excluding hydrogens is 282 g/mol. The van der Waals surface area contributed by atoms with Crippen LogP contribution in [0.1, 0.15) is 71.4 Å². The van der Waals surface area contributed by atoms with Crippen molar-refractivity contribution in [1.29, 1.82) is 0 Å². The predicted molar refractivity (Wildman–Crippen MR) is 101 cm³/mol. The van der Waals surface area contributed by atoms with Crippen LogP contribution in [0.5, 0.6) is 0 Å². The Hall–Kier alpha value is -1.90. The molecule has 1 fully saturated rings. The van der Waals surface area contributed by atoms with Gasteiger partial charge in [0.1, 0.15) is 0 Å². The Bertz CT molecular complexity index is 684. The van der Waals surface area contributed by atoms with Crippen LogP contribution in [0.25, 0.3) is 16.7 Å². The van der Waals surface area contributed by atoms with E-state index in [-0.39, 0.29) is 0 Å². The lowest BCUT2D eigenvalue weighted by Gasteiger charge is -2.23. The molecule has 0 saturated heterocycles. The average molecular weight is 311 g/mol. The molecule has 0 spiro atoms. The Morgan fingerprint density at radius 3 is 2.48 bits per heavy atom. The third kappa shape index (κ3) is 3.72. The van der Waals surface area contributed by atoms with E-state index in [1.807, 2.05) is 20.2 Å². The average Bonchev–Trinajstić information content (AvgIpc) is 3.01. The molecule has 124 valence electrons. The molecule has 0 bridgehead atoms. The smallest absolute Gasteiger partial charge is 0.0960 e. The van der Waals surface area contributed by atoms with Crippen LogP contribution in [0.3, 0.4) is 0 Å². The van der Waals surface area contributed by atoms with Crippen molar-refractivity contribution in [3.8, 4) is 0 Å². The molecule has 1 aromatic carbocycles. The minimum absolute atomic E-state index is 0.620. The van der Waals surface area contributed by atoms with Crippen LogP contribution in [0.15, 0.2) is 35.1 Å². The van der Waals surface area contributed by atoms with Crippen LogP contribution in [-0.2, 0) is 0 Å². The number of nitrogens with zero attached hydrogens (tertiary/aromatic N) is 3. The number of benzene rings is 1. The molecule has 23 heavy (non-hydrogen) atoms. The molecule has 2 aromatic rings. The SMILES string of the molecule is C=NC(=C(C)C)c1ccc2c(c1)ncn2C1CCCCC1.CC. The van der Waals surface area contributed by atoms with Crippen molar-refractivity contribution >= 4 is 23.4 Å². The second-order valence-corrected chi connectivity index (χ2v) is 6.15. The first kappa shape index (κ1) is 17.5. The van der Waals surface area contributed by atoms with Crippen LogP contribution >= 0.6 is 0 Å². The van der Waals surface area contributed by atoms with Crippen molar-refractivity contribution < 1.29 is 0 Å². The predicted octanol–water partition coefficient (Wildman–Crippen LogP) is 6.02. The van der Waals surface area contributed by atoms with E-state index < -0.39 is 0 Å². The molecule has 1 saturated carbocycles. The Labute approximate surface area is 140 Å². The van der Waals surface area contributed by atoms with Gasteiger partial charge in [-0.2, -0.15) is 0 Å². The summed E-state index contributed by atoms with van der Waals surface area (Å²) in [6.07, 6.45) is 8.62. The summed E-state index contributed by atoms with van der Waals surface area (Å²) in [5, 5.41) is 0. The second-order valence-electron chi connectivity index (χ2n) is 6.15. The summed E-state index contributed by atoms with van der Waals surface area (Å²) in [5.74, 6) is 0. The van der Waals surface area contributed by atoms with Crippen molar-refractivity contribution in [2.75, 3.05) is 0 Å². The van der Waals surface area contributed by atoms with E-state index in [0.717, 1.165) is 16.8 Å². The lowest BCUT2D eigenvalue weighted by molar-refractivity contribution is 0.359. The summed E-state index contributed by atoms with van der Waals surface area (Å²) in [4.78, 5) is 8.77. The molecule has 1 aliphatic carbocycles. The fourth-order valence-electron chi connectivity index (χ4n) is 3.37. The zero-order valence-electron chi connectivity index (χ0n) is 15.0. The van der Waals surface area contributed by atoms with Crippen molar-refractivity contribution in [3.63, 3.8) is 0 Å². The van der Waals surface area contributed by atoms with Crippen LogP contribution in [0, 0.1) is 0 Å². The largest absolute Gasteiger partial charge is 0.327 e. The third-order valence-electron chi connectivity index (χ3n) is 4.45. The van der Waals surface area contributed by atoms with Crippen molar-refractivity contribution in [1.82, 2.24) is 9.55 Å². The lowest BCUT2D eigenvalue weighted by Crippen LogP contribution is -2.11. The van der Waals surface area contributed by atoms with Gasteiger partial charge in [-0.05, 0) is 45.5 Å². The molecule has 0 amide bonds. The van der Waals surface area contributed by atoms with Gasteiger partial charge in [0.15, 0.2) is 0 Å². The van der Waals surface area contributed by atoms with E-state index in [4.69, 9.17) is 0 Å². The molecule has 0 aliphatic heterocycles. The zero-order valence-corrected chi connectivity index (χ0v) is 15.0. The van der Waals surface area contributed by atoms with Gasteiger partial charge >= 0.3 is 0 Å². The first-order valence-electron chi connectivity index (χ1n) is 8.82. The Balaban J connectivity index is 0.000000924. The van der Waals surface area contributed by atoms with Crippen LogP contribution in [0.4, 0.5) is 0 Å². The number of allylic oxidation sites excluding steroid dienone is 1. The minimum Gasteiger partial charge on any atom is -0.327 e. The van der Waals surface area contributed by atoms with Gasteiger partial charge in [-0.3, -0.25) is 4.99 Å². The van der Waals surface area contributed by atoms with Gasteiger partial charge in [0.2, 0.25) is 0 Å². The third-order valence-corrected chi connectivity index (χ3v) is 4.45. The highest BCUT2D eigenvalue weighted by Gasteiger charge is 2.17. The molecule has 1 aliphatic rings. The van der Waals surface area contributed by atoms with Crippen LogP contribution in [0.2, 0.25) is 0 Å². The monoisotopic (exact) mass is 311 g/mol. The van der Waals surface area contributed by atoms with Gasteiger partial charge in [-0.25, -0.2) is 4.98 Å². The van der Waals surface area contributed by atoms with Crippen molar-refractivity contribution in [2.45, 2.75) is 65.8 Å². The summed E-state index contributed by atoms with van der Waals surface area (Å²) >= 11 is 0. The van der Waals surface area contributed by atoms with E-state index in [1.165, 1.54) is 43.2 Å². The zero-order chi connectivity index (χ0) is 16.8. The Kier molecular flexibility index (Phi) is 6.14. The van der Waals surface area contributed by atoms with Crippen LogP contribution in [-0.4, -0.2) is 16.3 Å². The number of aromatic nitrogens is 2. The van der Waals surface area contributed by atoms with E-state index in [2.05, 4.69) is 53.3 Å². The maximum atomic E-state index is 4.61. The molecule has 1 aromatic heterocycles. The summed E-state index contributed by atoms with van der Waals surface area (Å²) < 4.78 is 2.36. The number of hydrogen-bond donors (Lipinski definition) is 0. The standard InChI is InChI=1S/C18H23N3.C2H6/c1-13(2)18(19-3)14-9-10-17-16(11-14)20-12-21(17)15-7-5-4-6-8-15;1-2/h9-12,15H,3-8H2,1-2H3;1-2H3. The van der Waals surface area contributed by atoms with Gasteiger partial charge in [-0.15, -0.1) is 0 Å². The molecule has 0 radical (unpaired) electrons. The van der Waals surface area contributed by atoms with Crippen molar-refractivity contribution in [2.24, 2.45) is 4.99 Å². The molecular formula is C20H29N3. The number of rotatable bonds is 3. The van der Waals surface area contributed by atoms with E-state index in [9.17, 15) is 0 Å².